The number of carboxylic acids is 1. The van der Waals surface area contributed by atoms with Crippen molar-refractivity contribution in [3.63, 3.8) is 0 Å². The summed E-state index contributed by atoms with van der Waals surface area (Å²) in [5, 5.41) is 14.3. The largest absolute Gasteiger partial charge is 0.481 e. The number of hydrazine groups is 1. The maximum Gasteiger partial charge on any atom is 0.305 e. The Bertz CT molecular complexity index is 1020. The van der Waals surface area contributed by atoms with Gasteiger partial charge in [0.2, 0.25) is 17.5 Å². The third-order valence-electron chi connectivity index (χ3n) is 5.47. The Morgan fingerprint density at radius 3 is 2.47 bits per heavy atom. The summed E-state index contributed by atoms with van der Waals surface area (Å²) in [4.78, 5) is 65.7. The number of carboxylic acid groups (broad SMARTS) is 1. The minimum atomic E-state index is -1.25. The number of amides is 1. The summed E-state index contributed by atoms with van der Waals surface area (Å²) in [6.45, 7) is -0.309. The smallest absolute Gasteiger partial charge is 0.305 e. The third-order valence-corrected chi connectivity index (χ3v) is 5.47. The highest BCUT2D eigenvalue weighted by Gasteiger charge is 2.28. The molecule has 0 saturated heterocycles. The molecule has 2 bridgehead atoms. The van der Waals surface area contributed by atoms with E-state index in [9.17, 15) is 24.0 Å². The highest BCUT2D eigenvalue weighted by atomic mass is 16.4. The summed E-state index contributed by atoms with van der Waals surface area (Å²) in [6.07, 6.45) is -0.0774. The number of guanidine groups is 1. The molecule has 11 N–H and O–H groups in total. The van der Waals surface area contributed by atoms with Crippen LogP contribution in [0.4, 0.5) is 0 Å². The van der Waals surface area contributed by atoms with E-state index in [-0.39, 0.29) is 44.3 Å². The van der Waals surface area contributed by atoms with Crippen LogP contribution in [0.1, 0.15) is 40.7 Å². The lowest BCUT2D eigenvalue weighted by molar-refractivity contribution is -0.140. The molecule has 0 aromatic heterocycles. The van der Waals surface area contributed by atoms with E-state index in [1.54, 1.807) is 18.2 Å². The van der Waals surface area contributed by atoms with Crippen molar-refractivity contribution in [1.29, 1.82) is 0 Å². The van der Waals surface area contributed by atoms with E-state index in [1.165, 1.54) is 0 Å². The van der Waals surface area contributed by atoms with Crippen molar-refractivity contribution in [3.8, 4) is 0 Å². The van der Waals surface area contributed by atoms with Gasteiger partial charge in [0, 0.05) is 25.2 Å². The fourth-order valence-electron chi connectivity index (χ4n) is 3.54. The highest BCUT2D eigenvalue weighted by molar-refractivity contribution is 6.40. The molecule has 14 heteroatoms. The molecule has 1 heterocycles. The first-order valence-electron chi connectivity index (χ1n) is 11.3. The number of carbonyl (C=O) groups excluding carboxylic acids is 4. The van der Waals surface area contributed by atoms with Crippen LogP contribution in [0.3, 0.4) is 0 Å². The highest BCUT2D eigenvalue weighted by Crippen LogP contribution is 2.13. The summed E-state index contributed by atoms with van der Waals surface area (Å²) in [5.74, 6) is -4.19. The lowest BCUT2D eigenvalue weighted by atomic mass is 10.00. The van der Waals surface area contributed by atoms with Gasteiger partial charge in [0.1, 0.15) is 6.04 Å². The molecule has 2 rings (SSSR count). The predicted octanol–water partition coefficient (Wildman–Crippen LogP) is -2.95. The van der Waals surface area contributed by atoms with Crippen molar-refractivity contribution in [2.75, 3.05) is 19.6 Å². The standard InChI is InChI=1S/C22H32N8O6/c23-8-13-4-3-12-6-14(13)9-29-30-16(7-19(33)34)21(36)28-11-18(32)20(35)15(27-10-17(12)31)2-1-5-26-22(24)25/h3-4,6,15-16,27,29-30H,1-2,5,7-11,23H2,(H,28,36)(H,33,34)(H4,24,25,26). The number of ketones is 3. The minimum absolute atomic E-state index is 0.114. The van der Waals surface area contributed by atoms with Crippen molar-refractivity contribution in [3.05, 3.63) is 34.9 Å². The Balaban J connectivity index is 2.32. The first-order valence-corrected chi connectivity index (χ1v) is 11.3. The Hall–Kier alpha value is -3.72. The van der Waals surface area contributed by atoms with E-state index in [2.05, 4.69) is 26.5 Å². The molecule has 196 valence electrons. The number of nitrogens with zero attached hydrogens (tertiary/aromatic N) is 1. The van der Waals surface area contributed by atoms with Crippen LogP contribution < -0.4 is 38.7 Å². The molecular weight excluding hydrogens is 472 g/mol. The van der Waals surface area contributed by atoms with Crippen molar-refractivity contribution in [1.82, 2.24) is 21.5 Å². The second-order valence-electron chi connectivity index (χ2n) is 8.15. The Kier molecular flexibility index (Phi) is 11.1. The van der Waals surface area contributed by atoms with E-state index in [0.29, 0.717) is 17.5 Å². The lowest BCUT2D eigenvalue weighted by Crippen LogP contribution is -2.53. The normalized spacial score (nSPS) is 20.0. The number of aliphatic imine (C=N–C) groups is 1. The van der Waals surface area contributed by atoms with E-state index in [1.807, 2.05) is 0 Å². The first kappa shape index (κ1) is 28.5. The molecule has 0 spiro atoms. The minimum Gasteiger partial charge on any atom is -0.481 e. The molecular formula is C22H32N8O6. The molecule has 0 fully saturated rings. The summed E-state index contributed by atoms with van der Waals surface area (Å²) in [7, 11) is 0. The summed E-state index contributed by atoms with van der Waals surface area (Å²) < 4.78 is 0. The second kappa shape index (κ2) is 14.0. The number of Topliss-reactive ketones (excluding diaryl/α,β-unsaturated/α-hetero) is 3. The second-order valence-corrected chi connectivity index (χ2v) is 8.15. The molecule has 14 nitrogen and oxygen atoms in total. The molecule has 1 amide bonds. The summed E-state index contributed by atoms with van der Waals surface area (Å²) >= 11 is 0. The van der Waals surface area contributed by atoms with Gasteiger partial charge < -0.3 is 27.6 Å². The average Bonchev–Trinajstić information content (AvgIpc) is 2.84. The molecule has 2 unspecified atom stereocenters. The zero-order valence-electron chi connectivity index (χ0n) is 19.7. The van der Waals surface area contributed by atoms with Crippen LogP contribution in [0.25, 0.3) is 0 Å². The maximum absolute atomic E-state index is 12.8. The van der Waals surface area contributed by atoms with Gasteiger partial charge in [-0.25, -0.2) is 5.43 Å². The molecule has 0 saturated carbocycles. The Labute approximate surface area is 207 Å². The number of carbonyl (C=O) groups is 5. The van der Waals surface area contributed by atoms with E-state index < -0.39 is 48.5 Å². The van der Waals surface area contributed by atoms with Gasteiger partial charge in [-0.2, -0.15) is 0 Å². The number of aliphatic carboxylic acids is 1. The number of nitrogens with two attached hydrogens (primary N) is 3. The molecule has 1 aromatic rings. The van der Waals surface area contributed by atoms with Gasteiger partial charge in [-0.15, -0.1) is 0 Å². The molecule has 2 atom stereocenters. The van der Waals surface area contributed by atoms with Crippen LogP contribution >= 0.6 is 0 Å². The van der Waals surface area contributed by atoms with Crippen LogP contribution in [-0.4, -0.2) is 72.0 Å². The maximum atomic E-state index is 12.8. The topological polar surface area (TPSA) is 244 Å². The van der Waals surface area contributed by atoms with Gasteiger partial charge in [0.15, 0.2) is 11.7 Å². The van der Waals surface area contributed by atoms with Gasteiger partial charge in [-0.1, -0.05) is 12.1 Å². The average molecular weight is 505 g/mol. The molecule has 0 aliphatic carbocycles. The summed E-state index contributed by atoms with van der Waals surface area (Å²) in [5.41, 5.74) is 23.6. The van der Waals surface area contributed by atoms with E-state index >= 15 is 0 Å². The van der Waals surface area contributed by atoms with Crippen molar-refractivity contribution in [2.24, 2.45) is 22.2 Å². The SMILES string of the molecule is NCc1ccc2cc1CNNC(CC(=O)O)C(=O)NCC(=O)C(=O)C(CCCN=C(N)N)NCC2=O. The number of fused-ring (bicyclic) bond motifs is 2. The van der Waals surface area contributed by atoms with Gasteiger partial charge >= 0.3 is 5.97 Å². The molecule has 0 radical (unpaired) electrons. The van der Waals surface area contributed by atoms with Crippen LogP contribution in [0, 0.1) is 0 Å². The van der Waals surface area contributed by atoms with Crippen LogP contribution in [0.5, 0.6) is 0 Å². The number of benzene rings is 1. The first-order chi connectivity index (χ1) is 17.1. The number of nitrogens with one attached hydrogen (secondary N) is 4. The van der Waals surface area contributed by atoms with Gasteiger partial charge in [-0.3, -0.25) is 39.7 Å². The summed E-state index contributed by atoms with van der Waals surface area (Å²) in [6, 6.07) is 2.67. The van der Waals surface area contributed by atoms with Crippen molar-refractivity contribution in [2.45, 2.75) is 44.4 Å². The zero-order valence-corrected chi connectivity index (χ0v) is 19.7. The number of hydrogen-bond donors (Lipinski definition) is 8. The predicted molar refractivity (Wildman–Crippen MR) is 129 cm³/mol. The Morgan fingerprint density at radius 1 is 1.06 bits per heavy atom. The van der Waals surface area contributed by atoms with Gasteiger partial charge in [0.05, 0.1) is 25.6 Å². The Morgan fingerprint density at radius 2 is 1.81 bits per heavy atom. The van der Waals surface area contributed by atoms with Crippen LogP contribution in [0.15, 0.2) is 23.2 Å². The monoisotopic (exact) mass is 504 g/mol. The van der Waals surface area contributed by atoms with E-state index in [4.69, 9.17) is 22.3 Å². The van der Waals surface area contributed by atoms with Crippen LogP contribution in [0.2, 0.25) is 0 Å². The van der Waals surface area contributed by atoms with Crippen LogP contribution in [-0.2, 0) is 32.3 Å². The van der Waals surface area contributed by atoms with Crippen molar-refractivity contribution >= 4 is 35.2 Å². The quantitative estimate of drug-likeness (QED) is 0.0803. The molecule has 36 heavy (non-hydrogen) atoms. The molecule has 1 aliphatic heterocycles. The lowest BCUT2D eigenvalue weighted by Gasteiger charge is -2.20. The fraction of sp³-hybridized carbons (Fsp3) is 0.455. The number of rotatable bonds is 7. The molecule has 1 aliphatic rings. The zero-order chi connectivity index (χ0) is 26.7. The van der Waals surface area contributed by atoms with E-state index in [0.717, 1.165) is 5.56 Å². The third kappa shape index (κ3) is 8.81. The van der Waals surface area contributed by atoms with Crippen molar-refractivity contribution < 1.29 is 29.1 Å². The fourth-order valence-corrected chi connectivity index (χ4v) is 3.54. The van der Waals surface area contributed by atoms with Gasteiger partial charge in [0.25, 0.3) is 0 Å². The van der Waals surface area contributed by atoms with Gasteiger partial charge in [-0.05, 0) is 30.0 Å². The molecule has 1 aromatic carbocycles. The number of hydrogen-bond acceptors (Lipinski definition) is 10.